The number of benzene rings is 1. The number of Topliss-reactive ketones (excluding diaryl/α,β-unsaturated/α-hetero) is 1. The van der Waals surface area contributed by atoms with E-state index in [1.165, 1.54) is 26.1 Å². The number of nitrogens with two attached hydrogens (primary N) is 1. The molecule has 1 aliphatic carbocycles. The number of ketones is 1. The topological polar surface area (TPSA) is 106 Å². The van der Waals surface area contributed by atoms with Crippen LogP contribution in [-0.2, 0) is 4.79 Å². The molecule has 0 aliphatic heterocycles. The van der Waals surface area contributed by atoms with Gasteiger partial charge in [-0.3, -0.25) is 9.59 Å². The first-order valence-electron chi connectivity index (χ1n) is 8.82. The minimum atomic E-state index is -1.33. The summed E-state index contributed by atoms with van der Waals surface area (Å²) < 4.78 is 16.9. The van der Waals surface area contributed by atoms with E-state index in [2.05, 4.69) is 0 Å². The van der Waals surface area contributed by atoms with Gasteiger partial charge in [0.25, 0.3) is 0 Å². The summed E-state index contributed by atoms with van der Waals surface area (Å²) in [5, 5.41) is 9.43. The number of pyridine rings is 1. The van der Waals surface area contributed by atoms with E-state index < -0.39 is 17.2 Å². The SMILES string of the molecule is CC(=O)CN(CCN)c1cc2c(c(C)c1F)c(=O)c(C(=O)O)cn2C1CC1. The first-order valence-corrected chi connectivity index (χ1v) is 8.82. The first kappa shape index (κ1) is 19.0. The Kier molecular flexibility index (Phi) is 5.01. The average Bonchev–Trinajstić information content (AvgIpc) is 3.41. The summed E-state index contributed by atoms with van der Waals surface area (Å²) in [5.74, 6) is -2.11. The Hall–Kier alpha value is -2.74. The molecule has 0 spiro atoms. The quantitative estimate of drug-likeness (QED) is 0.765. The number of carboxylic acid groups (broad SMARTS) is 1. The van der Waals surface area contributed by atoms with Crippen LogP contribution in [-0.4, -0.2) is 41.1 Å². The number of halogens is 1. The van der Waals surface area contributed by atoms with Gasteiger partial charge in [0.15, 0.2) is 0 Å². The number of carbonyl (C=O) groups is 2. The molecule has 144 valence electrons. The highest BCUT2D eigenvalue weighted by molar-refractivity contribution is 5.95. The maximum Gasteiger partial charge on any atom is 0.341 e. The highest BCUT2D eigenvalue weighted by Gasteiger charge is 2.29. The van der Waals surface area contributed by atoms with E-state index in [4.69, 9.17) is 5.73 Å². The van der Waals surface area contributed by atoms with Gasteiger partial charge in [-0.25, -0.2) is 9.18 Å². The standard InChI is InChI=1S/C19H22FN3O4/c1-10(24)8-22(6-5-21)15-7-14-16(11(2)17(15)20)18(25)13(19(26)27)9-23(14)12-3-4-12/h7,9,12H,3-6,8,21H2,1-2H3,(H,26,27). The summed E-state index contributed by atoms with van der Waals surface area (Å²) in [7, 11) is 0. The number of carbonyl (C=O) groups excluding carboxylic acids is 1. The average molecular weight is 375 g/mol. The number of hydrogen-bond donors (Lipinski definition) is 2. The predicted molar refractivity (Wildman–Crippen MR) is 100 cm³/mol. The maximum absolute atomic E-state index is 15.1. The second kappa shape index (κ2) is 7.11. The molecule has 1 aromatic heterocycles. The number of aryl methyl sites for hydroxylation is 1. The molecule has 3 N–H and O–H groups in total. The third kappa shape index (κ3) is 3.44. The van der Waals surface area contributed by atoms with Crippen LogP contribution in [0, 0.1) is 12.7 Å². The van der Waals surface area contributed by atoms with Crippen LogP contribution >= 0.6 is 0 Å². The molecule has 1 saturated carbocycles. The third-order valence-corrected chi connectivity index (χ3v) is 4.80. The molecule has 0 bridgehead atoms. The summed E-state index contributed by atoms with van der Waals surface area (Å²) in [6.45, 7) is 3.38. The molecule has 1 fully saturated rings. The van der Waals surface area contributed by atoms with Crippen LogP contribution in [0.15, 0.2) is 17.1 Å². The molecule has 0 saturated heterocycles. The van der Waals surface area contributed by atoms with Crippen LogP contribution < -0.4 is 16.1 Å². The molecule has 1 aromatic carbocycles. The number of nitrogens with zero attached hydrogens (tertiary/aromatic N) is 2. The molecule has 27 heavy (non-hydrogen) atoms. The Morgan fingerprint density at radius 3 is 2.59 bits per heavy atom. The van der Waals surface area contributed by atoms with Gasteiger partial charge in [0.2, 0.25) is 5.43 Å². The van der Waals surface area contributed by atoms with Crippen molar-refractivity contribution in [2.24, 2.45) is 5.73 Å². The summed E-state index contributed by atoms with van der Waals surface area (Å²) in [4.78, 5) is 37.3. The predicted octanol–water partition coefficient (Wildman–Crippen LogP) is 1.84. The molecule has 3 rings (SSSR count). The van der Waals surface area contributed by atoms with Gasteiger partial charge in [-0.05, 0) is 32.8 Å². The van der Waals surface area contributed by atoms with E-state index in [1.54, 1.807) is 9.47 Å². The maximum atomic E-state index is 15.1. The summed E-state index contributed by atoms with van der Waals surface area (Å²) in [6, 6.07) is 1.61. The van der Waals surface area contributed by atoms with Crippen molar-refractivity contribution in [1.29, 1.82) is 0 Å². The number of hydrogen-bond acceptors (Lipinski definition) is 5. The lowest BCUT2D eigenvalue weighted by Gasteiger charge is -2.25. The number of rotatable bonds is 7. The third-order valence-electron chi connectivity index (χ3n) is 4.80. The Labute approximate surface area is 155 Å². The molecule has 0 unspecified atom stereocenters. The van der Waals surface area contributed by atoms with Crippen molar-refractivity contribution in [3.8, 4) is 0 Å². The smallest absolute Gasteiger partial charge is 0.341 e. The van der Waals surface area contributed by atoms with Gasteiger partial charge in [0.05, 0.1) is 23.1 Å². The molecule has 0 radical (unpaired) electrons. The monoisotopic (exact) mass is 375 g/mol. The lowest BCUT2D eigenvalue weighted by Crippen LogP contribution is -2.34. The van der Waals surface area contributed by atoms with Crippen molar-refractivity contribution in [2.75, 3.05) is 24.5 Å². The fraction of sp³-hybridized carbons (Fsp3) is 0.421. The van der Waals surface area contributed by atoms with Gasteiger partial charge < -0.3 is 20.3 Å². The van der Waals surface area contributed by atoms with Gasteiger partial charge in [0, 0.05) is 30.9 Å². The number of fused-ring (bicyclic) bond motifs is 1. The van der Waals surface area contributed by atoms with Crippen molar-refractivity contribution in [3.05, 3.63) is 39.4 Å². The zero-order chi connectivity index (χ0) is 19.9. The number of aromatic nitrogens is 1. The summed E-state index contributed by atoms with van der Waals surface area (Å²) in [5.41, 5.74) is 5.29. The zero-order valence-corrected chi connectivity index (χ0v) is 15.3. The highest BCUT2D eigenvalue weighted by atomic mass is 19.1. The van der Waals surface area contributed by atoms with E-state index in [-0.39, 0.29) is 53.7 Å². The Morgan fingerprint density at radius 1 is 1.41 bits per heavy atom. The van der Waals surface area contributed by atoms with E-state index in [0.29, 0.717) is 5.52 Å². The van der Waals surface area contributed by atoms with Crippen molar-refractivity contribution in [2.45, 2.75) is 32.7 Å². The minimum absolute atomic E-state index is 0.0000626. The van der Waals surface area contributed by atoms with E-state index in [1.807, 2.05) is 0 Å². The molecule has 2 aromatic rings. The van der Waals surface area contributed by atoms with Crippen LogP contribution in [0.4, 0.5) is 10.1 Å². The molecule has 7 nitrogen and oxygen atoms in total. The normalized spacial score (nSPS) is 13.8. The summed E-state index contributed by atoms with van der Waals surface area (Å²) >= 11 is 0. The lowest BCUT2D eigenvalue weighted by molar-refractivity contribution is -0.115. The molecule has 0 amide bonds. The van der Waals surface area contributed by atoms with E-state index >= 15 is 4.39 Å². The number of aromatic carboxylic acids is 1. The van der Waals surface area contributed by atoms with Crippen LogP contribution in [0.2, 0.25) is 0 Å². The fourth-order valence-corrected chi connectivity index (χ4v) is 3.40. The second-order valence-electron chi connectivity index (χ2n) is 6.96. The molecular formula is C19H22FN3O4. The molecule has 1 aliphatic rings. The Bertz CT molecular complexity index is 995. The van der Waals surface area contributed by atoms with Crippen LogP contribution in [0.5, 0.6) is 0 Å². The molecule has 8 heteroatoms. The number of carboxylic acids is 1. The Balaban J connectivity index is 2.33. The van der Waals surface area contributed by atoms with E-state index in [0.717, 1.165) is 12.8 Å². The van der Waals surface area contributed by atoms with Gasteiger partial charge in [0.1, 0.15) is 17.2 Å². The highest BCUT2D eigenvalue weighted by Crippen LogP contribution is 2.39. The van der Waals surface area contributed by atoms with Crippen LogP contribution in [0.3, 0.4) is 0 Å². The Morgan fingerprint density at radius 2 is 2.07 bits per heavy atom. The zero-order valence-electron chi connectivity index (χ0n) is 15.3. The van der Waals surface area contributed by atoms with Crippen molar-refractivity contribution in [3.63, 3.8) is 0 Å². The van der Waals surface area contributed by atoms with Gasteiger partial charge in [-0.2, -0.15) is 0 Å². The van der Waals surface area contributed by atoms with Gasteiger partial charge >= 0.3 is 5.97 Å². The van der Waals surface area contributed by atoms with Crippen LogP contribution in [0.1, 0.15) is 41.7 Å². The molecule has 0 atom stereocenters. The minimum Gasteiger partial charge on any atom is -0.477 e. The van der Waals surface area contributed by atoms with E-state index in [9.17, 15) is 19.5 Å². The van der Waals surface area contributed by atoms with Gasteiger partial charge in [-0.1, -0.05) is 0 Å². The van der Waals surface area contributed by atoms with Crippen molar-refractivity contribution >= 4 is 28.3 Å². The second-order valence-corrected chi connectivity index (χ2v) is 6.96. The molecular weight excluding hydrogens is 353 g/mol. The summed E-state index contributed by atoms with van der Waals surface area (Å²) in [6.07, 6.45) is 3.07. The van der Waals surface area contributed by atoms with Crippen LogP contribution in [0.25, 0.3) is 10.9 Å². The first-order chi connectivity index (χ1) is 12.8. The number of anilines is 1. The van der Waals surface area contributed by atoms with Gasteiger partial charge in [-0.15, -0.1) is 0 Å². The largest absolute Gasteiger partial charge is 0.477 e. The fourth-order valence-electron chi connectivity index (χ4n) is 3.40. The lowest BCUT2D eigenvalue weighted by atomic mass is 10.0. The van der Waals surface area contributed by atoms with Crippen molar-refractivity contribution in [1.82, 2.24) is 4.57 Å². The van der Waals surface area contributed by atoms with Crippen molar-refractivity contribution < 1.29 is 19.1 Å². The molecule has 1 heterocycles.